The first-order valence-electron chi connectivity index (χ1n) is 6.65. The van der Waals surface area contributed by atoms with Crippen molar-refractivity contribution in [1.82, 2.24) is 0 Å². The van der Waals surface area contributed by atoms with Gasteiger partial charge in [0.15, 0.2) is 0 Å². The van der Waals surface area contributed by atoms with E-state index >= 15 is 0 Å². The first kappa shape index (κ1) is 12.6. The number of hydrogen-bond donors (Lipinski definition) is 1. The van der Waals surface area contributed by atoms with Crippen molar-refractivity contribution in [3.63, 3.8) is 0 Å². The number of fused-ring (bicyclic) bond motifs is 1. The van der Waals surface area contributed by atoms with E-state index < -0.39 is 6.10 Å². The van der Waals surface area contributed by atoms with Gasteiger partial charge in [0.25, 0.3) is 0 Å². The van der Waals surface area contributed by atoms with Crippen molar-refractivity contribution in [3.05, 3.63) is 11.6 Å². The summed E-state index contributed by atoms with van der Waals surface area (Å²) < 4.78 is 4.88. The van der Waals surface area contributed by atoms with E-state index in [0.717, 1.165) is 25.7 Å². The standard InChI is InChI=1S/C14H22O3/c1-3-9-8-10-6-4-5-7-11(10)12(13(9)15)14(16)17-2/h8-9,11-13,15H,3-7H2,1-2H3/t9-,11+,12-,13-/m1/s1. The maximum Gasteiger partial charge on any atom is 0.311 e. The Balaban J connectivity index is 2.29. The highest BCUT2D eigenvalue weighted by molar-refractivity contribution is 5.74. The molecular weight excluding hydrogens is 216 g/mol. The summed E-state index contributed by atoms with van der Waals surface area (Å²) in [5, 5.41) is 10.3. The van der Waals surface area contributed by atoms with Gasteiger partial charge in [-0.3, -0.25) is 4.79 Å². The fraction of sp³-hybridized carbons (Fsp3) is 0.786. The summed E-state index contributed by atoms with van der Waals surface area (Å²) in [6.45, 7) is 2.06. The summed E-state index contributed by atoms with van der Waals surface area (Å²) in [5.41, 5.74) is 1.38. The number of allylic oxidation sites excluding steroid dienone is 1. The van der Waals surface area contributed by atoms with E-state index in [-0.39, 0.29) is 23.7 Å². The van der Waals surface area contributed by atoms with Gasteiger partial charge in [-0.2, -0.15) is 0 Å². The molecule has 17 heavy (non-hydrogen) atoms. The van der Waals surface area contributed by atoms with Gasteiger partial charge in [-0.25, -0.2) is 0 Å². The Hall–Kier alpha value is -0.830. The average Bonchev–Trinajstić information content (AvgIpc) is 2.37. The molecule has 0 radical (unpaired) electrons. The minimum absolute atomic E-state index is 0.114. The van der Waals surface area contributed by atoms with Crippen LogP contribution in [0.4, 0.5) is 0 Å². The molecule has 2 aliphatic rings. The van der Waals surface area contributed by atoms with Crippen molar-refractivity contribution in [2.24, 2.45) is 17.8 Å². The van der Waals surface area contributed by atoms with E-state index in [2.05, 4.69) is 13.0 Å². The molecule has 1 fully saturated rings. The largest absolute Gasteiger partial charge is 0.469 e. The number of aliphatic hydroxyl groups excluding tert-OH is 1. The molecule has 0 aromatic heterocycles. The molecule has 0 unspecified atom stereocenters. The summed E-state index contributed by atoms with van der Waals surface area (Å²) in [4.78, 5) is 11.9. The van der Waals surface area contributed by atoms with Gasteiger partial charge in [-0.05, 0) is 31.6 Å². The summed E-state index contributed by atoms with van der Waals surface area (Å²) in [5.74, 6) is -0.254. The van der Waals surface area contributed by atoms with Gasteiger partial charge in [-0.15, -0.1) is 0 Å². The predicted octanol–water partition coefficient (Wildman–Crippen LogP) is 2.29. The maximum atomic E-state index is 11.9. The summed E-state index contributed by atoms with van der Waals surface area (Å²) in [6.07, 6.45) is 6.99. The molecule has 0 spiro atoms. The summed E-state index contributed by atoms with van der Waals surface area (Å²) in [6, 6.07) is 0. The zero-order chi connectivity index (χ0) is 12.4. The fourth-order valence-corrected chi connectivity index (χ4v) is 3.36. The van der Waals surface area contributed by atoms with Crippen molar-refractivity contribution in [1.29, 1.82) is 0 Å². The topological polar surface area (TPSA) is 46.5 Å². The highest BCUT2D eigenvalue weighted by Gasteiger charge is 2.43. The number of aliphatic hydroxyl groups is 1. The van der Waals surface area contributed by atoms with Crippen LogP contribution in [-0.2, 0) is 9.53 Å². The normalized spacial score (nSPS) is 37.0. The molecule has 2 aliphatic carbocycles. The van der Waals surface area contributed by atoms with Crippen molar-refractivity contribution < 1.29 is 14.6 Å². The smallest absolute Gasteiger partial charge is 0.311 e. The third-order valence-electron chi connectivity index (χ3n) is 4.32. The first-order valence-corrected chi connectivity index (χ1v) is 6.65. The minimum atomic E-state index is -0.570. The van der Waals surface area contributed by atoms with E-state index in [9.17, 15) is 9.90 Å². The molecule has 1 N–H and O–H groups in total. The van der Waals surface area contributed by atoms with Gasteiger partial charge >= 0.3 is 5.97 Å². The summed E-state index contributed by atoms with van der Waals surface area (Å²) in [7, 11) is 1.41. The second-order valence-electron chi connectivity index (χ2n) is 5.21. The molecule has 0 amide bonds. The molecule has 3 nitrogen and oxygen atoms in total. The van der Waals surface area contributed by atoms with Gasteiger partial charge < -0.3 is 9.84 Å². The van der Waals surface area contributed by atoms with Crippen LogP contribution in [0.1, 0.15) is 39.0 Å². The Morgan fingerprint density at radius 3 is 2.94 bits per heavy atom. The third-order valence-corrected chi connectivity index (χ3v) is 4.32. The van der Waals surface area contributed by atoms with Crippen LogP contribution in [0, 0.1) is 17.8 Å². The number of esters is 1. The molecular formula is C14H22O3. The lowest BCUT2D eigenvalue weighted by Crippen LogP contribution is -2.44. The molecule has 2 rings (SSSR count). The maximum absolute atomic E-state index is 11.9. The molecule has 0 heterocycles. The van der Waals surface area contributed by atoms with Gasteiger partial charge in [0, 0.05) is 5.92 Å². The zero-order valence-electron chi connectivity index (χ0n) is 10.7. The van der Waals surface area contributed by atoms with E-state index in [1.807, 2.05) is 0 Å². The average molecular weight is 238 g/mol. The predicted molar refractivity (Wildman–Crippen MR) is 65.3 cm³/mol. The van der Waals surface area contributed by atoms with E-state index in [1.54, 1.807) is 0 Å². The van der Waals surface area contributed by atoms with Crippen LogP contribution in [-0.4, -0.2) is 24.3 Å². The number of hydrogen-bond acceptors (Lipinski definition) is 3. The Bertz CT molecular complexity index is 321. The van der Waals surface area contributed by atoms with Crippen molar-refractivity contribution in [3.8, 4) is 0 Å². The van der Waals surface area contributed by atoms with Crippen LogP contribution >= 0.6 is 0 Å². The van der Waals surface area contributed by atoms with Crippen molar-refractivity contribution in [2.75, 3.05) is 7.11 Å². The quantitative estimate of drug-likeness (QED) is 0.593. The minimum Gasteiger partial charge on any atom is -0.469 e. The zero-order valence-corrected chi connectivity index (χ0v) is 10.7. The molecule has 0 aromatic rings. The van der Waals surface area contributed by atoms with E-state index in [0.29, 0.717) is 0 Å². The number of methoxy groups -OCH3 is 1. The number of rotatable bonds is 2. The van der Waals surface area contributed by atoms with Crippen molar-refractivity contribution in [2.45, 2.75) is 45.1 Å². The lowest BCUT2D eigenvalue weighted by molar-refractivity contribution is -0.154. The molecule has 0 bridgehead atoms. The van der Waals surface area contributed by atoms with Gasteiger partial charge in [-0.1, -0.05) is 25.0 Å². The molecule has 1 saturated carbocycles. The van der Waals surface area contributed by atoms with Crippen LogP contribution in [0.2, 0.25) is 0 Å². The number of ether oxygens (including phenoxy) is 1. The van der Waals surface area contributed by atoms with Crippen LogP contribution in [0.15, 0.2) is 11.6 Å². The fourth-order valence-electron chi connectivity index (χ4n) is 3.36. The second kappa shape index (κ2) is 5.21. The Labute approximate surface area is 103 Å². The molecule has 0 aliphatic heterocycles. The SMILES string of the molecule is CC[C@@H]1C=C2CCCC[C@@H]2[C@@H](C(=O)OC)[C@@H]1O. The van der Waals surface area contributed by atoms with Gasteiger partial charge in [0.1, 0.15) is 0 Å². The molecule has 96 valence electrons. The highest BCUT2D eigenvalue weighted by atomic mass is 16.5. The molecule has 3 heteroatoms. The third kappa shape index (κ3) is 2.25. The Morgan fingerprint density at radius 1 is 1.53 bits per heavy atom. The van der Waals surface area contributed by atoms with E-state index in [1.165, 1.54) is 19.1 Å². The van der Waals surface area contributed by atoms with Crippen LogP contribution in [0.3, 0.4) is 0 Å². The van der Waals surface area contributed by atoms with Gasteiger partial charge in [0.05, 0.1) is 19.1 Å². The van der Waals surface area contributed by atoms with E-state index in [4.69, 9.17) is 4.74 Å². The second-order valence-corrected chi connectivity index (χ2v) is 5.21. The lowest BCUT2D eigenvalue weighted by atomic mass is 9.66. The summed E-state index contributed by atoms with van der Waals surface area (Å²) >= 11 is 0. The molecule has 4 atom stereocenters. The van der Waals surface area contributed by atoms with Crippen LogP contribution in [0.25, 0.3) is 0 Å². The number of carbonyl (C=O) groups is 1. The Kier molecular flexibility index (Phi) is 3.87. The highest BCUT2D eigenvalue weighted by Crippen LogP contribution is 2.43. The molecule has 0 saturated heterocycles. The number of carbonyl (C=O) groups excluding carboxylic acids is 1. The Morgan fingerprint density at radius 2 is 2.29 bits per heavy atom. The molecule has 0 aromatic carbocycles. The van der Waals surface area contributed by atoms with Gasteiger partial charge in [0.2, 0.25) is 0 Å². The van der Waals surface area contributed by atoms with Crippen molar-refractivity contribution >= 4 is 5.97 Å². The first-order chi connectivity index (χ1) is 8.19. The lowest BCUT2D eigenvalue weighted by Gasteiger charge is -2.40. The monoisotopic (exact) mass is 238 g/mol. The van der Waals surface area contributed by atoms with Crippen LogP contribution < -0.4 is 0 Å². The van der Waals surface area contributed by atoms with Crippen LogP contribution in [0.5, 0.6) is 0 Å².